The second-order valence-electron chi connectivity index (χ2n) is 8.03. The molecule has 0 saturated heterocycles. The van der Waals surface area contributed by atoms with Gasteiger partial charge in [0.15, 0.2) is 0 Å². The van der Waals surface area contributed by atoms with E-state index in [1.807, 2.05) is 42.5 Å². The highest BCUT2D eigenvalue weighted by atomic mass is 32.2. The molecule has 3 aromatic carbocycles. The van der Waals surface area contributed by atoms with E-state index < -0.39 is 0 Å². The zero-order valence-electron chi connectivity index (χ0n) is 19.7. The van der Waals surface area contributed by atoms with Crippen LogP contribution in [-0.4, -0.2) is 42.3 Å². The molecule has 0 saturated carbocycles. The van der Waals surface area contributed by atoms with Crippen molar-refractivity contribution >= 4 is 34.5 Å². The van der Waals surface area contributed by atoms with Crippen molar-refractivity contribution in [3.63, 3.8) is 0 Å². The number of nitrogens with one attached hydrogen (secondary N) is 2. The molecule has 0 aliphatic carbocycles. The molecule has 1 heterocycles. The van der Waals surface area contributed by atoms with Crippen molar-refractivity contribution in [1.82, 2.24) is 15.2 Å². The Morgan fingerprint density at radius 2 is 1.63 bits per heavy atom. The Morgan fingerprint density at radius 1 is 0.886 bits per heavy atom. The number of rotatable bonds is 11. The van der Waals surface area contributed by atoms with Crippen molar-refractivity contribution in [1.29, 1.82) is 0 Å². The third-order valence-electron chi connectivity index (χ3n) is 5.68. The van der Waals surface area contributed by atoms with Crippen molar-refractivity contribution in [2.24, 2.45) is 0 Å². The lowest BCUT2D eigenvalue weighted by Gasteiger charge is -2.10. The van der Waals surface area contributed by atoms with E-state index in [4.69, 9.17) is 4.74 Å². The Bertz CT molecular complexity index is 1290. The van der Waals surface area contributed by atoms with Crippen LogP contribution in [0.1, 0.15) is 15.9 Å². The predicted octanol–water partition coefficient (Wildman–Crippen LogP) is 4.53. The van der Waals surface area contributed by atoms with Crippen LogP contribution in [0.2, 0.25) is 0 Å². The zero-order valence-corrected chi connectivity index (χ0v) is 20.5. The molecule has 1 aromatic heterocycles. The van der Waals surface area contributed by atoms with Gasteiger partial charge in [-0.2, -0.15) is 0 Å². The molecule has 0 radical (unpaired) electrons. The monoisotopic (exact) mass is 487 g/mol. The maximum Gasteiger partial charge on any atom is 0.255 e. The largest absolute Gasteiger partial charge is 0.496 e. The van der Waals surface area contributed by atoms with Gasteiger partial charge in [0.2, 0.25) is 5.91 Å². The highest BCUT2D eigenvalue weighted by Crippen LogP contribution is 2.30. The molecule has 0 bridgehead atoms. The Hall–Kier alpha value is -3.71. The van der Waals surface area contributed by atoms with E-state index in [2.05, 4.69) is 45.7 Å². The molecule has 0 aliphatic rings. The summed E-state index contributed by atoms with van der Waals surface area (Å²) in [7, 11) is 1.56. The Balaban J connectivity index is 1.32. The Morgan fingerprint density at radius 3 is 2.46 bits per heavy atom. The molecule has 0 spiro atoms. The van der Waals surface area contributed by atoms with Crippen LogP contribution in [0.4, 0.5) is 0 Å². The number of hydrogen-bond donors (Lipinski definition) is 2. The summed E-state index contributed by atoms with van der Waals surface area (Å²) in [5.74, 6) is 0.762. The molecular weight excluding hydrogens is 458 g/mol. The van der Waals surface area contributed by atoms with Crippen LogP contribution in [0.25, 0.3) is 10.9 Å². The van der Waals surface area contributed by atoms with E-state index >= 15 is 0 Å². The molecule has 6 nitrogen and oxygen atoms in total. The fourth-order valence-electron chi connectivity index (χ4n) is 3.92. The van der Waals surface area contributed by atoms with Gasteiger partial charge in [-0.25, -0.2) is 0 Å². The molecular formula is C28H29N3O3S. The quantitative estimate of drug-likeness (QED) is 0.305. The molecule has 0 fully saturated rings. The van der Waals surface area contributed by atoms with Crippen molar-refractivity contribution in [2.45, 2.75) is 17.9 Å². The summed E-state index contributed by atoms with van der Waals surface area (Å²) in [6.45, 7) is 1.71. The van der Waals surface area contributed by atoms with Crippen molar-refractivity contribution < 1.29 is 14.3 Å². The number of para-hydroxylation sites is 2. The number of carbonyl (C=O) groups is 2. The van der Waals surface area contributed by atoms with Crippen molar-refractivity contribution in [3.05, 3.63) is 96.2 Å². The summed E-state index contributed by atoms with van der Waals surface area (Å²) in [6, 6.07) is 25.4. The Labute approximate surface area is 209 Å². The van der Waals surface area contributed by atoms with E-state index in [1.165, 1.54) is 17.3 Å². The summed E-state index contributed by atoms with van der Waals surface area (Å²) < 4.78 is 7.40. The lowest BCUT2D eigenvalue weighted by molar-refractivity contribution is -0.118. The summed E-state index contributed by atoms with van der Waals surface area (Å²) in [4.78, 5) is 26.0. The molecule has 2 N–H and O–H groups in total. The first-order valence-corrected chi connectivity index (χ1v) is 12.6. The predicted molar refractivity (Wildman–Crippen MR) is 141 cm³/mol. The first-order chi connectivity index (χ1) is 17.2. The van der Waals surface area contributed by atoms with Gasteiger partial charge in [0.25, 0.3) is 5.91 Å². The van der Waals surface area contributed by atoms with Gasteiger partial charge in [-0.3, -0.25) is 9.59 Å². The van der Waals surface area contributed by atoms with Gasteiger partial charge < -0.3 is 19.9 Å². The number of methoxy groups -OCH3 is 1. The second-order valence-corrected chi connectivity index (χ2v) is 9.05. The standard InChI is InChI=1S/C28H29N3O3S/c1-34-25-14-8-6-12-23(25)28(33)30-17-18-31-19-26(22-11-5-7-13-24(22)31)35-20-27(32)29-16-15-21-9-3-2-4-10-21/h2-14,19H,15-18,20H2,1H3,(H,29,32)(H,30,33). The first-order valence-electron chi connectivity index (χ1n) is 11.6. The molecule has 0 unspecified atom stereocenters. The van der Waals surface area contributed by atoms with Crippen molar-refractivity contribution in [2.75, 3.05) is 26.0 Å². The van der Waals surface area contributed by atoms with Gasteiger partial charge in [0.05, 0.1) is 18.4 Å². The van der Waals surface area contributed by atoms with Gasteiger partial charge >= 0.3 is 0 Å². The molecule has 0 atom stereocenters. The average molecular weight is 488 g/mol. The average Bonchev–Trinajstić information content (AvgIpc) is 3.25. The fraction of sp³-hybridized carbons (Fsp3) is 0.214. The van der Waals surface area contributed by atoms with Crippen molar-refractivity contribution in [3.8, 4) is 5.75 Å². The fourth-order valence-corrected chi connectivity index (χ4v) is 4.83. The smallest absolute Gasteiger partial charge is 0.255 e. The summed E-state index contributed by atoms with van der Waals surface area (Å²) in [5, 5.41) is 7.08. The number of thioether (sulfide) groups is 1. The van der Waals surface area contributed by atoms with Gasteiger partial charge in [0.1, 0.15) is 5.75 Å². The van der Waals surface area contributed by atoms with Gasteiger partial charge in [0, 0.05) is 41.6 Å². The third-order valence-corrected chi connectivity index (χ3v) is 6.72. The highest BCUT2D eigenvalue weighted by Gasteiger charge is 2.13. The van der Waals surface area contributed by atoms with Crippen LogP contribution in [0, 0.1) is 0 Å². The highest BCUT2D eigenvalue weighted by molar-refractivity contribution is 8.00. The normalized spacial score (nSPS) is 10.8. The SMILES string of the molecule is COc1ccccc1C(=O)NCCn1cc(SCC(=O)NCCc2ccccc2)c2ccccc21. The summed E-state index contributed by atoms with van der Waals surface area (Å²) in [5.41, 5.74) is 2.80. The van der Waals surface area contributed by atoms with Gasteiger partial charge in [-0.05, 0) is 30.2 Å². The molecule has 35 heavy (non-hydrogen) atoms. The number of aromatic nitrogens is 1. The minimum atomic E-state index is -0.166. The maximum absolute atomic E-state index is 12.6. The minimum absolute atomic E-state index is 0.0202. The van der Waals surface area contributed by atoms with Crippen LogP contribution in [0.15, 0.2) is 90.0 Å². The number of ether oxygens (including phenoxy) is 1. The third kappa shape index (κ3) is 6.45. The molecule has 2 amide bonds. The van der Waals surface area contributed by atoms with Crippen LogP contribution in [-0.2, 0) is 17.8 Å². The van der Waals surface area contributed by atoms with Crippen LogP contribution < -0.4 is 15.4 Å². The number of hydrogen-bond acceptors (Lipinski definition) is 4. The minimum Gasteiger partial charge on any atom is -0.496 e. The Kier molecular flexibility index (Phi) is 8.46. The van der Waals surface area contributed by atoms with Crippen LogP contribution >= 0.6 is 11.8 Å². The number of nitrogens with zero attached hydrogens (tertiary/aromatic N) is 1. The van der Waals surface area contributed by atoms with Crippen LogP contribution in [0.3, 0.4) is 0 Å². The molecule has 7 heteroatoms. The van der Waals surface area contributed by atoms with E-state index in [-0.39, 0.29) is 11.8 Å². The second kappa shape index (κ2) is 12.1. The molecule has 4 aromatic rings. The van der Waals surface area contributed by atoms with E-state index in [1.54, 1.807) is 19.2 Å². The van der Waals surface area contributed by atoms with E-state index in [0.29, 0.717) is 36.7 Å². The van der Waals surface area contributed by atoms with Crippen LogP contribution in [0.5, 0.6) is 5.75 Å². The lowest BCUT2D eigenvalue weighted by atomic mass is 10.1. The maximum atomic E-state index is 12.6. The molecule has 180 valence electrons. The number of benzene rings is 3. The topological polar surface area (TPSA) is 72.4 Å². The summed E-state index contributed by atoms with van der Waals surface area (Å²) >= 11 is 1.53. The first kappa shape index (κ1) is 24.4. The lowest BCUT2D eigenvalue weighted by Crippen LogP contribution is -2.27. The van der Waals surface area contributed by atoms with E-state index in [0.717, 1.165) is 22.2 Å². The van der Waals surface area contributed by atoms with Gasteiger partial charge in [-0.15, -0.1) is 11.8 Å². The molecule has 0 aliphatic heterocycles. The number of fused-ring (bicyclic) bond motifs is 1. The molecule has 4 rings (SSSR count). The van der Waals surface area contributed by atoms with Gasteiger partial charge in [-0.1, -0.05) is 60.7 Å². The number of amides is 2. The summed E-state index contributed by atoms with van der Waals surface area (Å²) in [6.07, 6.45) is 2.87. The zero-order chi connectivity index (χ0) is 24.5. The van der Waals surface area contributed by atoms with E-state index in [9.17, 15) is 9.59 Å². The number of carbonyl (C=O) groups excluding carboxylic acids is 2.